The summed E-state index contributed by atoms with van der Waals surface area (Å²) in [6, 6.07) is 80.2. The maximum absolute atomic E-state index is 15.0. The summed E-state index contributed by atoms with van der Waals surface area (Å²) >= 11 is 0. The van der Waals surface area contributed by atoms with Gasteiger partial charge >= 0.3 is 0 Å². The molecular formula is C69H43FIrNO-. The molecule has 4 heteroatoms. The van der Waals surface area contributed by atoms with E-state index >= 15 is 0 Å². The molecule has 0 bridgehead atoms. The Morgan fingerprint density at radius 2 is 0.822 bits per heavy atom. The van der Waals surface area contributed by atoms with Gasteiger partial charge in [-0.15, -0.1) is 23.8 Å². The molecule has 2 spiro atoms. The summed E-state index contributed by atoms with van der Waals surface area (Å²) in [7, 11) is 0. The summed E-state index contributed by atoms with van der Waals surface area (Å²) in [6.07, 6.45) is 1.78. The number of hydrogen-bond donors (Lipinski definition) is 0. The van der Waals surface area contributed by atoms with Crippen molar-refractivity contribution in [1.29, 1.82) is 0 Å². The zero-order valence-electron chi connectivity index (χ0n) is 39.9. The summed E-state index contributed by atoms with van der Waals surface area (Å²) in [5, 5.41) is 2.26. The van der Waals surface area contributed by atoms with Crippen molar-refractivity contribution < 1.29 is 29.3 Å². The topological polar surface area (TPSA) is 30.0 Å². The van der Waals surface area contributed by atoms with Gasteiger partial charge in [0.1, 0.15) is 0 Å². The third-order valence-corrected chi connectivity index (χ3v) is 16.8. The number of pyridine rings is 1. The fourth-order valence-corrected chi connectivity index (χ4v) is 14.0. The van der Waals surface area contributed by atoms with Gasteiger partial charge in [0.2, 0.25) is 0 Å². The predicted molar refractivity (Wildman–Crippen MR) is 287 cm³/mol. The average molecular weight is 1110 g/mol. The molecule has 0 unspecified atom stereocenters. The van der Waals surface area contributed by atoms with Crippen LogP contribution in [0.15, 0.2) is 225 Å². The largest absolute Gasteiger partial charge is 0.304 e. The standard InChI is InChI=1S/C51H30O.C18H13FN.Ir/c52-49(31-25-27-39-37-17-5-11-23-45(37)50(47(39)29-31)41-19-7-1-13-33(41)34-14-2-8-20-42(34)50)32-26-28-40-38-18-6-12-24-46(38)51(48(40)30-32)43-21-9-3-15-35(43)36-16-4-10-22-44(36)51;1-18(2)13-7-3-5-11-9-10-20-17(15(11)13)12-6-4-8-14(19)16(12)18;/h1-30H;3-5,7-10H,1-2H3;/q;-1;. The van der Waals surface area contributed by atoms with Crippen LogP contribution >= 0.6 is 0 Å². The predicted octanol–water partition coefficient (Wildman–Crippen LogP) is 16.1. The molecule has 0 aliphatic heterocycles. The smallest absolute Gasteiger partial charge is 0.193 e. The van der Waals surface area contributed by atoms with Gasteiger partial charge < -0.3 is 4.98 Å². The zero-order valence-corrected chi connectivity index (χ0v) is 42.3. The fourth-order valence-electron chi connectivity index (χ4n) is 14.0. The minimum atomic E-state index is -0.490. The van der Waals surface area contributed by atoms with E-state index in [0.29, 0.717) is 16.7 Å². The van der Waals surface area contributed by atoms with Crippen LogP contribution in [0.3, 0.4) is 0 Å². The van der Waals surface area contributed by atoms with E-state index in [1.807, 2.05) is 24.3 Å². The molecule has 10 aromatic carbocycles. The molecule has 0 fully saturated rings. The Balaban J connectivity index is 0.000000197. The molecule has 1 heterocycles. The normalized spacial score (nSPS) is 14.8. The summed E-state index contributed by atoms with van der Waals surface area (Å²) in [5.74, 6) is -0.140. The molecule has 0 N–H and O–H groups in total. The van der Waals surface area contributed by atoms with E-state index in [1.165, 1.54) is 95.1 Å². The minimum absolute atomic E-state index is 0. The molecule has 0 saturated heterocycles. The van der Waals surface area contributed by atoms with Gasteiger partial charge in [-0.2, -0.15) is 0 Å². The third-order valence-electron chi connectivity index (χ3n) is 16.8. The van der Waals surface area contributed by atoms with Crippen LogP contribution in [0.1, 0.15) is 85.4 Å². The van der Waals surface area contributed by atoms with E-state index in [2.05, 4.69) is 207 Å². The summed E-state index contributed by atoms with van der Waals surface area (Å²) in [4.78, 5) is 19.5. The second-order valence-electron chi connectivity index (χ2n) is 20.4. The number of fused-ring (bicyclic) bond motifs is 22. The monoisotopic (exact) mass is 1110 g/mol. The van der Waals surface area contributed by atoms with Crippen LogP contribution in [0.5, 0.6) is 0 Å². The van der Waals surface area contributed by atoms with Crippen LogP contribution in [-0.4, -0.2) is 10.8 Å². The van der Waals surface area contributed by atoms with Crippen LogP contribution in [0.4, 0.5) is 4.39 Å². The van der Waals surface area contributed by atoms with E-state index in [-0.39, 0.29) is 37.1 Å². The van der Waals surface area contributed by atoms with E-state index < -0.39 is 10.8 Å². The molecule has 1 radical (unpaired) electrons. The Bertz CT molecular complexity index is 3870. The molecule has 2 nitrogen and oxygen atoms in total. The van der Waals surface area contributed by atoms with Crippen molar-refractivity contribution in [2.45, 2.75) is 30.1 Å². The first-order chi connectivity index (χ1) is 35.3. The molecule has 347 valence electrons. The summed E-state index contributed by atoms with van der Waals surface area (Å²) < 4.78 is 14.4. The fraction of sp³-hybridized carbons (Fsp3) is 0.0725. The van der Waals surface area contributed by atoms with E-state index in [1.54, 1.807) is 12.3 Å². The van der Waals surface area contributed by atoms with Crippen LogP contribution in [-0.2, 0) is 36.4 Å². The van der Waals surface area contributed by atoms with Crippen molar-refractivity contribution in [3.63, 3.8) is 0 Å². The van der Waals surface area contributed by atoms with E-state index in [4.69, 9.17) is 0 Å². The summed E-state index contributed by atoms with van der Waals surface area (Å²) in [6.45, 7) is 4.13. The molecule has 0 amide bonds. The first kappa shape index (κ1) is 43.6. The zero-order chi connectivity index (χ0) is 48.1. The number of carbonyl (C=O) groups excluding carboxylic acids is 1. The van der Waals surface area contributed by atoms with Gasteiger partial charge in [-0.05, 0) is 135 Å². The molecule has 0 saturated carbocycles. The quantitative estimate of drug-likeness (QED) is 0.128. The Morgan fingerprint density at radius 1 is 0.438 bits per heavy atom. The van der Waals surface area contributed by atoms with Crippen molar-refractivity contribution >= 4 is 16.6 Å². The third kappa shape index (κ3) is 5.55. The number of nitrogens with zero attached hydrogens (tertiary/aromatic N) is 1. The molecule has 5 aliphatic rings. The molecule has 5 aliphatic carbocycles. The van der Waals surface area contributed by atoms with Crippen LogP contribution < -0.4 is 0 Å². The van der Waals surface area contributed by atoms with Gasteiger partial charge in [0, 0.05) is 43.2 Å². The number of rotatable bonds is 2. The van der Waals surface area contributed by atoms with Gasteiger partial charge in [0.25, 0.3) is 0 Å². The molecule has 11 aromatic rings. The van der Waals surface area contributed by atoms with Crippen molar-refractivity contribution in [1.82, 2.24) is 4.98 Å². The van der Waals surface area contributed by atoms with E-state index in [9.17, 15) is 9.18 Å². The van der Waals surface area contributed by atoms with Gasteiger partial charge in [0.05, 0.1) is 10.8 Å². The number of halogens is 1. The number of aromatic nitrogens is 1. The molecule has 0 atom stereocenters. The molecule has 16 rings (SSSR count). The average Bonchev–Trinajstić information content (AvgIpc) is 4.11. The van der Waals surface area contributed by atoms with Crippen LogP contribution in [0.2, 0.25) is 0 Å². The van der Waals surface area contributed by atoms with Gasteiger partial charge in [-0.3, -0.25) is 4.79 Å². The SMILES string of the molecule is CC1(C)c2c([c-]ccc2F)-c2nccc3cccc1c23.O=C(c1ccc2c(c1)C1(c3ccccc3-c3ccccc31)c1ccccc1-2)c1ccc2c(c1)C1(c3ccccc3-c3ccccc31)c1ccccc1-2.[Ir]. The Labute approximate surface area is 437 Å². The van der Waals surface area contributed by atoms with Crippen molar-refractivity contribution in [3.05, 3.63) is 303 Å². The number of hydrogen-bond acceptors (Lipinski definition) is 2. The Hall–Kier alpha value is -8.14. The minimum Gasteiger partial charge on any atom is -0.304 e. The van der Waals surface area contributed by atoms with Gasteiger partial charge in [0.15, 0.2) is 5.78 Å². The molecular weight excluding hydrogens is 1070 g/mol. The number of carbonyl (C=O) groups is 1. The molecule has 73 heavy (non-hydrogen) atoms. The Kier molecular flexibility index (Phi) is 9.37. The second kappa shape index (κ2) is 15.7. The van der Waals surface area contributed by atoms with Crippen molar-refractivity contribution in [3.8, 4) is 55.8 Å². The van der Waals surface area contributed by atoms with Crippen molar-refractivity contribution in [2.75, 3.05) is 0 Å². The van der Waals surface area contributed by atoms with Crippen molar-refractivity contribution in [2.24, 2.45) is 0 Å². The van der Waals surface area contributed by atoms with E-state index in [0.717, 1.165) is 27.6 Å². The Morgan fingerprint density at radius 3 is 1.25 bits per heavy atom. The maximum atomic E-state index is 15.0. The van der Waals surface area contributed by atoms with Gasteiger partial charge in [-0.25, -0.2) is 4.39 Å². The number of ketones is 1. The summed E-state index contributed by atoms with van der Waals surface area (Å²) in [5.41, 5.74) is 23.5. The number of benzene rings is 10. The molecule has 1 aromatic heterocycles. The van der Waals surface area contributed by atoms with Crippen LogP contribution in [0.25, 0.3) is 66.5 Å². The maximum Gasteiger partial charge on any atom is 0.193 e. The van der Waals surface area contributed by atoms with Gasteiger partial charge in [-0.1, -0.05) is 207 Å². The first-order valence-electron chi connectivity index (χ1n) is 24.8. The first-order valence-corrected chi connectivity index (χ1v) is 24.8. The van der Waals surface area contributed by atoms with Crippen LogP contribution in [0, 0.1) is 11.9 Å². The second-order valence-corrected chi connectivity index (χ2v) is 20.4.